The Labute approximate surface area is 158 Å². The van der Waals surface area contributed by atoms with Gasteiger partial charge >= 0.3 is 5.97 Å². The van der Waals surface area contributed by atoms with Crippen LogP contribution in [-0.2, 0) is 14.3 Å². The molecule has 0 rings (SSSR count). The number of nitrogens with zero attached hydrogens (tertiary/aromatic N) is 1. The molecule has 0 saturated heterocycles. The number of hydrogen-bond acceptors (Lipinski definition) is 4. The first-order valence-electron chi connectivity index (χ1n) is 7.89. The maximum absolute atomic E-state index is 11.0. The summed E-state index contributed by atoms with van der Waals surface area (Å²) in [5.74, 6) is 0.637. The van der Waals surface area contributed by atoms with E-state index in [1.165, 1.54) is 7.11 Å². The molecule has 0 amide bonds. The number of halogens is 1. The number of aliphatic imine (C=N–C) groups is 1. The minimum atomic E-state index is -0.141. The molecule has 0 saturated carbocycles. The number of methoxy groups -OCH3 is 2. The van der Waals surface area contributed by atoms with E-state index in [-0.39, 0.29) is 41.5 Å². The highest BCUT2D eigenvalue weighted by Gasteiger charge is 2.24. The maximum atomic E-state index is 11.0. The first-order chi connectivity index (χ1) is 10.3. The van der Waals surface area contributed by atoms with Crippen LogP contribution in [0.5, 0.6) is 0 Å². The summed E-state index contributed by atoms with van der Waals surface area (Å²) in [5, 5.41) is 6.55. The second-order valence-corrected chi connectivity index (χ2v) is 6.36. The Bertz CT molecular complexity index is 344. The van der Waals surface area contributed by atoms with Gasteiger partial charge in [-0.05, 0) is 18.3 Å². The number of rotatable bonds is 9. The van der Waals surface area contributed by atoms with E-state index in [0.717, 1.165) is 31.8 Å². The lowest BCUT2D eigenvalue weighted by Crippen LogP contribution is -2.45. The molecule has 0 fully saturated rings. The van der Waals surface area contributed by atoms with Crippen LogP contribution < -0.4 is 10.6 Å². The van der Waals surface area contributed by atoms with Crippen LogP contribution in [0.2, 0.25) is 0 Å². The molecule has 0 heterocycles. The summed E-state index contributed by atoms with van der Waals surface area (Å²) < 4.78 is 10.1. The largest absolute Gasteiger partial charge is 0.469 e. The molecular weight excluding hydrogens is 409 g/mol. The average Bonchev–Trinajstić information content (AvgIpc) is 2.47. The van der Waals surface area contributed by atoms with E-state index < -0.39 is 0 Å². The Morgan fingerprint density at radius 3 is 2.26 bits per heavy atom. The second-order valence-electron chi connectivity index (χ2n) is 6.36. The van der Waals surface area contributed by atoms with E-state index in [1.54, 1.807) is 14.2 Å². The summed E-state index contributed by atoms with van der Waals surface area (Å²) in [5.41, 5.74) is 0.0779. The fourth-order valence-electron chi connectivity index (χ4n) is 2.03. The number of esters is 1. The zero-order chi connectivity index (χ0) is 17.0. The van der Waals surface area contributed by atoms with Gasteiger partial charge in [-0.3, -0.25) is 9.79 Å². The van der Waals surface area contributed by atoms with Crippen LogP contribution >= 0.6 is 24.0 Å². The van der Waals surface area contributed by atoms with Gasteiger partial charge < -0.3 is 20.1 Å². The van der Waals surface area contributed by atoms with Gasteiger partial charge in [0.1, 0.15) is 0 Å². The molecule has 23 heavy (non-hydrogen) atoms. The van der Waals surface area contributed by atoms with Crippen molar-refractivity contribution in [1.82, 2.24) is 10.6 Å². The first kappa shape index (κ1) is 24.7. The molecule has 2 N–H and O–H groups in total. The molecule has 0 aliphatic heterocycles. The lowest BCUT2D eigenvalue weighted by Gasteiger charge is -2.30. The summed E-state index contributed by atoms with van der Waals surface area (Å²) >= 11 is 0. The van der Waals surface area contributed by atoms with Gasteiger partial charge in [-0.15, -0.1) is 24.0 Å². The van der Waals surface area contributed by atoms with E-state index in [2.05, 4.69) is 41.1 Å². The van der Waals surface area contributed by atoms with Crippen LogP contribution in [0.3, 0.4) is 0 Å². The van der Waals surface area contributed by atoms with Crippen LogP contribution in [0.1, 0.15) is 46.5 Å². The Morgan fingerprint density at radius 1 is 1.13 bits per heavy atom. The molecule has 138 valence electrons. The zero-order valence-electron chi connectivity index (χ0n) is 15.4. The molecule has 0 spiro atoms. The van der Waals surface area contributed by atoms with E-state index in [9.17, 15) is 4.79 Å². The fraction of sp³-hybridized carbons (Fsp3) is 0.875. The summed E-state index contributed by atoms with van der Waals surface area (Å²) in [4.78, 5) is 15.2. The number of unbranched alkanes of at least 4 members (excludes halogenated alkanes) is 2. The molecule has 1 unspecified atom stereocenters. The highest BCUT2D eigenvalue weighted by atomic mass is 127. The summed E-state index contributed by atoms with van der Waals surface area (Å²) in [6.45, 7) is 8.00. The minimum Gasteiger partial charge on any atom is -0.469 e. The number of guanidine groups is 1. The zero-order valence-corrected chi connectivity index (χ0v) is 17.7. The Balaban J connectivity index is 0. The van der Waals surface area contributed by atoms with Crippen LogP contribution in [0.25, 0.3) is 0 Å². The Hall–Kier alpha value is -0.570. The number of hydrogen-bond donors (Lipinski definition) is 2. The van der Waals surface area contributed by atoms with Crippen molar-refractivity contribution in [3.8, 4) is 0 Å². The normalized spacial score (nSPS) is 13.0. The Morgan fingerprint density at radius 2 is 1.78 bits per heavy atom. The fourth-order valence-corrected chi connectivity index (χ4v) is 2.03. The van der Waals surface area contributed by atoms with Gasteiger partial charge in [0, 0.05) is 33.7 Å². The van der Waals surface area contributed by atoms with Crippen LogP contribution in [0, 0.1) is 5.41 Å². The summed E-state index contributed by atoms with van der Waals surface area (Å²) in [6, 6.07) is 0. The van der Waals surface area contributed by atoms with Gasteiger partial charge in [-0.1, -0.05) is 27.2 Å². The molecule has 0 aromatic rings. The number of nitrogens with one attached hydrogen (secondary N) is 2. The third-order valence-corrected chi connectivity index (χ3v) is 3.51. The molecule has 7 heteroatoms. The SMILES string of the molecule is CN=C(NCCCCCC(=O)OC)NCC(OC)C(C)(C)C.I. The molecule has 6 nitrogen and oxygen atoms in total. The monoisotopic (exact) mass is 443 g/mol. The predicted octanol–water partition coefficient (Wildman–Crippen LogP) is 2.56. The van der Waals surface area contributed by atoms with Crippen molar-refractivity contribution in [2.75, 3.05) is 34.4 Å². The van der Waals surface area contributed by atoms with Gasteiger partial charge in [0.25, 0.3) is 0 Å². The van der Waals surface area contributed by atoms with E-state index in [4.69, 9.17) is 4.74 Å². The molecule has 0 aromatic carbocycles. The third-order valence-electron chi connectivity index (χ3n) is 3.51. The highest BCUT2D eigenvalue weighted by molar-refractivity contribution is 14.0. The van der Waals surface area contributed by atoms with Crippen molar-refractivity contribution in [3.05, 3.63) is 0 Å². The van der Waals surface area contributed by atoms with Crippen molar-refractivity contribution >= 4 is 35.9 Å². The smallest absolute Gasteiger partial charge is 0.305 e. The van der Waals surface area contributed by atoms with E-state index in [0.29, 0.717) is 13.0 Å². The number of carbonyl (C=O) groups is 1. The number of ether oxygens (including phenoxy) is 2. The highest BCUT2D eigenvalue weighted by Crippen LogP contribution is 2.20. The second kappa shape index (κ2) is 13.8. The topological polar surface area (TPSA) is 72.0 Å². The lowest BCUT2D eigenvalue weighted by atomic mass is 9.89. The first-order valence-corrected chi connectivity index (χ1v) is 7.89. The van der Waals surface area contributed by atoms with Crippen molar-refractivity contribution in [1.29, 1.82) is 0 Å². The van der Waals surface area contributed by atoms with Crippen molar-refractivity contribution in [3.63, 3.8) is 0 Å². The molecular formula is C16H34IN3O3. The average molecular weight is 443 g/mol. The maximum Gasteiger partial charge on any atom is 0.305 e. The predicted molar refractivity (Wildman–Crippen MR) is 106 cm³/mol. The quantitative estimate of drug-likeness (QED) is 0.189. The van der Waals surface area contributed by atoms with Crippen LogP contribution in [-0.4, -0.2) is 52.4 Å². The van der Waals surface area contributed by atoms with E-state index in [1.807, 2.05) is 0 Å². The molecule has 0 radical (unpaired) electrons. The molecule has 0 bridgehead atoms. The molecule has 0 aliphatic rings. The standard InChI is InChI=1S/C16H33N3O3.HI/c1-16(2,3)13(21-5)12-19-15(17-4)18-11-9-7-8-10-14(20)22-6;/h13H,7-12H2,1-6H3,(H2,17,18,19);1H. The van der Waals surface area contributed by atoms with Gasteiger partial charge in [-0.2, -0.15) is 0 Å². The van der Waals surface area contributed by atoms with Crippen LogP contribution in [0.15, 0.2) is 4.99 Å². The lowest BCUT2D eigenvalue weighted by molar-refractivity contribution is -0.140. The van der Waals surface area contributed by atoms with E-state index >= 15 is 0 Å². The summed E-state index contributed by atoms with van der Waals surface area (Å²) in [6.07, 6.45) is 3.44. The van der Waals surface area contributed by atoms with Gasteiger partial charge in [0.05, 0.1) is 13.2 Å². The van der Waals surface area contributed by atoms with Crippen molar-refractivity contribution < 1.29 is 14.3 Å². The summed E-state index contributed by atoms with van der Waals surface area (Å²) in [7, 11) is 4.91. The third kappa shape index (κ3) is 12.5. The minimum absolute atomic E-state index is 0. The van der Waals surface area contributed by atoms with Gasteiger partial charge in [0.15, 0.2) is 5.96 Å². The van der Waals surface area contributed by atoms with Gasteiger partial charge in [-0.25, -0.2) is 0 Å². The van der Waals surface area contributed by atoms with Crippen molar-refractivity contribution in [2.24, 2.45) is 10.4 Å². The van der Waals surface area contributed by atoms with Gasteiger partial charge in [0.2, 0.25) is 0 Å². The van der Waals surface area contributed by atoms with Crippen molar-refractivity contribution in [2.45, 2.75) is 52.6 Å². The van der Waals surface area contributed by atoms with Crippen LogP contribution in [0.4, 0.5) is 0 Å². The number of carbonyl (C=O) groups excluding carboxylic acids is 1. The molecule has 1 atom stereocenters. The molecule has 0 aromatic heterocycles. The molecule has 0 aliphatic carbocycles. The Kier molecular flexibility index (Phi) is 14.8.